The molecule has 6 heteroatoms. The SMILES string of the molecule is Cc1ccc(NS(=O)(=O)CC(C)C(=O)NC(C)(C)Cc2ccccc2)cc1. The molecule has 0 spiro atoms. The summed E-state index contributed by atoms with van der Waals surface area (Å²) in [7, 11) is -3.62. The van der Waals surface area contributed by atoms with Gasteiger partial charge in [-0.2, -0.15) is 0 Å². The molecule has 1 unspecified atom stereocenters. The standard InChI is InChI=1S/C21H28N2O3S/c1-16-10-12-19(13-11-16)23-27(25,26)15-17(2)20(24)22-21(3,4)14-18-8-6-5-7-9-18/h5-13,17,23H,14-15H2,1-4H3,(H,22,24). The summed E-state index contributed by atoms with van der Waals surface area (Å²) in [5.41, 5.74) is 2.19. The number of carbonyl (C=O) groups is 1. The van der Waals surface area contributed by atoms with Crippen LogP contribution in [0, 0.1) is 12.8 Å². The number of hydrogen-bond acceptors (Lipinski definition) is 3. The molecule has 27 heavy (non-hydrogen) atoms. The topological polar surface area (TPSA) is 75.3 Å². The summed E-state index contributed by atoms with van der Waals surface area (Å²) in [6, 6.07) is 17.0. The highest BCUT2D eigenvalue weighted by atomic mass is 32.2. The van der Waals surface area contributed by atoms with Gasteiger partial charge in [-0.1, -0.05) is 55.0 Å². The van der Waals surface area contributed by atoms with E-state index in [0.717, 1.165) is 11.1 Å². The lowest BCUT2D eigenvalue weighted by Crippen LogP contribution is -2.48. The number of hydrogen-bond donors (Lipinski definition) is 2. The lowest BCUT2D eigenvalue weighted by Gasteiger charge is -2.28. The van der Waals surface area contributed by atoms with Gasteiger partial charge >= 0.3 is 0 Å². The number of rotatable bonds is 8. The van der Waals surface area contributed by atoms with E-state index in [1.807, 2.05) is 63.2 Å². The molecule has 0 bridgehead atoms. The molecule has 2 N–H and O–H groups in total. The van der Waals surface area contributed by atoms with Crippen molar-refractivity contribution in [2.24, 2.45) is 5.92 Å². The van der Waals surface area contributed by atoms with Gasteiger partial charge < -0.3 is 5.32 Å². The molecule has 0 radical (unpaired) electrons. The van der Waals surface area contributed by atoms with Crippen molar-refractivity contribution in [3.8, 4) is 0 Å². The van der Waals surface area contributed by atoms with E-state index in [9.17, 15) is 13.2 Å². The number of amides is 1. The summed E-state index contributed by atoms with van der Waals surface area (Å²) in [6.07, 6.45) is 0.667. The van der Waals surface area contributed by atoms with Gasteiger partial charge in [0.25, 0.3) is 0 Å². The van der Waals surface area contributed by atoms with Crippen LogP contribution in [-0.4, -0.2) is 25.6 Å². The van der Waals surface area contributed by atoms with Crippen molar-refractivity contribution in [2.45, 2.75) is 39.7 Å². The minimum Gasteiger partial charge on any atom is -0.351 e. The van der Waals surface area contributed by atoms with Crippen molar-refractivity contribution in [1.82, 2.24) is 5.32 Å². The predicted octanol–water partition coefficient (Wildman–Crippen LogP) is 3.51. The zero-order valence-corrected chi connectivity index (χ0v) is 17.1. The molecule has 0 aliphatic heterocycles. The Morgan fingerprint density at radius 3 is 2.22 bits per heavy atom. The van der Waals surface area contributed by atoms with E-state index in [1.54, 1.807) is 19.1 Å². The summed E-state index contributed by atoms with van der Waals surface area (Å²) < 4.78 is 27.3. The van der Waals surface area contributed by atoms with Gasteiger partial charge in [-0.15, -0.1) is 0 Å². The van der Waals surface area contributed by atoms with Crippen LogP contribution < -0.4 is 10.0 Å². The van der Waals surface area contributed by atoms with E-state index in [1.165, 1.54) is 0 Å². The normalized spacial score (nSPS) is 13.0. The number of anilines is 1. The van der Waals surface area contributed by atoms with Crippen molar-refractivity contribution < 1.29 is 13.2 Å². The highest BCUT2D eigenvalue weighted by molar-refractivity contribution is 7.92. The molecule has 0 heterocycles. The van der Waals surface area contributed by atoms with Crippen molar-refractivity contribution in [2.75, 3.05) is 10.5 Å². The first kappa shape index (κ1) is 21.0. The molecule has 0 saturated heterocycles. The molecular formula is C21H28N2O3S. The lowest BCUT2D eigenvalue weighted by molar-refractivity contribution is -0.125. The molecule has 0 aliphatic carbocycles. The van der Waals surface area contributed by atoms with Gasteiger partial charge in [0.1, 0.15) is 0 Å². The van der Waals surface area contributed by atoms with Crippen molar-refractivity contribution >= 4 is 21.6 Å². The molecule has 2 rings (SSSR count). The molecule has 0 aliphatic rings. The number of aryl methyl sites for hydroxylation is 1. The van der Waals surface area contributed by atoms with Crippen LogP contribution in [0.25, 0.3) is 0 Å². The molecule has 0 saturated carbocycles. The van der Waals surface area contributed by atoms with Gasteiger partial charge in [-0.25, -0.2) is 8.42 Å². The Bertz CT molecular complexity index is 860. The summed E-state index contributed by atoms with van der Waals surface area (Å²) in [6.45, 7) is 7.43. The third kappa shape index (κ3) is 7.06. The van der Waals surface area contributed by atoms with E-state index in [2.05, 4.69) is 10.0 Å². The number of sulfonamides is 1. The molecule has 146 valence electrons. The fraction of sp³-hybridized carbons (Fsp3) is 0.381. The number of nitrogens with one attached hydrogen (secondary N) is 2. The Balaban J connectivity index is 1.94. The third-order valence-corrected chi connectivity index (χ3v) is 5.68. The molecule has 5 nitrogen and oxygen atoms in total. The Labute approximate surface area is 162 Å². The van der Waals surface area contributed by atoms with Gasteiger partial charge in [0.15, 0.2) is 0 Å². The fourth-order valence-corrected chi connectivity index (χ4v) is 4.24. The fourth-order valence-electron chi connectivity index (χ4n) is 2.85. The van der Waals surface area contributed by atoms with Crippen LogP contribution in [0.2, 0.25) is 0 Å². The first-order valence-corrected chi connectivity index (χ1v) is 10.6. The molecule has 2 aromatic rings. The highest BCUT2D eigenvalue weighted by Gasteiger charge is 2.27. The Morgan fingerprint density at radius 1 is 1.04 bits per heavy atom. The smallest absolute Gasteiger partial charge is 0.233 e. The van der Waals surface area contributed by atoms with Crippen LogP contribution in [-0.2, 0) is 21.2 Å². The van der Waals surface area contributed by atoms with Gasteiger partial charge in [0, 0.05) is 11.2 Å². The van der Waals surface area contributed by atoms with E-state index < -0.39 is 21.5 Å². The van der Waals surface area contributed by atoms with Crippen LogP contribution >= 0.6 is 0 Å². The first-order valence-electron chi connectivity index (χ1n) is 8.99. The first-order chi connectivity index (χ1) is 12.6. The second-order valence-electron chi connectivity index (χ2n) is 7.69. The third-order valence-electron chi connectivity index (χ3n) is 4.19. The van der Waals surface area contributed by atoms with E-state index in [0.29, 0.717) is 12.1 Å². The molecule has 0 fully saturated rings. The molecule has 1 atom stereocenters. The maximum absolute atomic E-state index is 12.5. The Morgan fingerprint density at radius 2 is 1.63 bits per heavy atom. The Hall–Kier alpha value is -2.34. The molecule has 2 aromatic carbocycles. The summed E-state index contributed by atoms with van der Waals surface area (Å²) in [5.74, 6) is -1.21. The van der Waals surface area contributed by atoms with Gasteiger partial charge in [0.2, 0.25) is 15.9 Å². The monoisotopic (exact) mass is 388 g/mol. The molecular weight excluding hydrogens is 360 g/mol. The van der Waals surface area contributed by atoms with Crippen molar-refractivity contribution in [1.29, 1.82) is 0 Å². The van der Waals surface area contributed by atoms with Gasteiger partial charge in [-0.05, 0) is 44.9 Å². The van der Waals surface area contributed by atoms with Crippen LogP contribution in [0.15, 0.2) is 54.6 Å². The summed E-state index contributed by atoms with van der Waals surface area (Å²) >= 11 is 0. The second-order valence-corrected chi connectivity index (χ2v) is 9.45. The van der Waals surface area contributed by atoms with Crippen molar-refractivity contribution in [3.05, 3.63) is 65.7 Å². The van der Waals surface area contributed by atoms with Gasteiger partial charge in [0.05, 0.1) is 11.7 Å². The molecule has 1 amide bonds. The van der Waals surface area contributed by atoms with Crippen LogP contribution in [0.5, 0.6) is 0 Å². The van der Waals surface area contributed by atoms with E-state index in [4.69, 9.17) is 0 Å². The van der Waals surface area contributed by atoms with Crippen molar-refractivity contribution in [3.63, 3.8) is 0 Å². The summed E-state index contributed by atoms with van der Waals surface area (Å²) in [5, 5.41) is 2.97. The predicted molar refractivity (Wildman–Crippen MR) is 110 cm³/mol. The van der Waals surface area contributed by atoms with Crippen LogP contribution in [0.4, 0.5) is 5.69 Å². The van der Waals surface area contributed by atoms with E-state index in [-0.39, 0.29) is 11.7 Å². The van der Waals surface area contributed by atoms with E-state index >= 15 is 0 Å². The lowest BCUT2D eigenvalue weighted by atomic mass is 9.94. The zero-order chi connectivity index (χ0) is 20.1. The van der Waals surface area contributed by atoms with Crippen LogP contribution in [0.3, 0.4) is 0 Å². The summed E-state index contributed by atoms with van der Waals surface area (Å²) in [4.78, 5) is 12.5. The largest absolute Gasteiger partial charge is 0.351 e. The molecule has 0 aromatic heterocycles. The Kier molecular flexibility index (Phi) is 6.65. The highest BCUT2D eigenvalue weighted by Crippen LogP contribution is 2.15. The zero-order valence-electron chi connectivity index (χ0n) is 16.3. The average molecular weight is 389 g/mol. The number of benzene rings is 2. The average Bonchev–Trinajstić information content (AvgIpc) is 2.56. The number of carbonyl (C=O) groups excluding carboxylic acids is 1. The maximum Gasteiger partial charge on any atom is 0.233 e. The second kappa shape index (κ2) is 8.57. The minimum absolute atomic E-state index is 0.270. The van der Waals surface area contributed by atoms with Crippen LogP contribution in [0.1, 0.15) is 31.9 Å². The minimum atomic E-state index is -3.62. The quantitative estimate of drug-likeness (QED) is 0.727. The maximum atomic E-state index is 12.5. The van der Waals surface area contributed by atoms with Gasteiger partial charge in [-0.3, -0.25) is 9.52 Å².